The molecule has 3 rings (SSSR count). The van der Waals surface area contributed by atoms with E-state index in [0.29, 0.717) is 11.4 Å². The molecule has 1 amide bonds. The van der Waals surface area contributed by atoms with E-state index in [4.69, 9.17) is 4.74 Å². The second-order valence-electron chi connectivity index (χ2n) is 6.00. The lowest BCUT2D eigenvalue weighted by atomic mass is 10.3. The number of carbonyl (C=O) groups is 1. The van der Waals surface area contributed by atoms with Crippen LogP contribution in [0.2, 0.25) is 0 Å². The van der Waals surface area contributed by atoms with Crippen molar-refractivity contribution < 1.29 is 9.53 Å². The molecule has 0 radical (unpaired) electrons. The summed E-state index contributed by atoms with van der Waals surface area (Å²) in [5, 5.41) is 2.71. The van der Waals surface area contributed by atoms with Gasteiger partial charge in [0.25, 0.3) is 11.5 Å². The summed E-state index contributed by atoms with van der Waals surface area (Å²) in [4.78, 5) is 25.3. The molecule has 0 spiro atoms. The predicted octanol–water partition coefficient (Wildman–Crippen LogP) is 2.89. The fourth-order valence-corrected chi connectivity index (χ4v) is 2.69. The second-order valence-corrected chi connectivity index (χ2v) is 6.00. The molecular formula is C20H21N3O3. The van der Waals surface area contributed by atoms with Crippen LogP contribution in [0.25, 0.3) is 5.69 Å². The summed E-state index contributed by atoms with van der Waals surface area (Å²) in [6.45, 7) is 3.44. The van der Waals surface area contributed by atoms with Crippen molar-refractivity contribution in [2.45, 2.75) is 20.0 Å². The third-order valence-electron chi connectivity index (χ3n) is 4.23. The number of anilines is 1. The van der Waals surface area contributed by atoms with Gasteiger partial charge in [-0.1, -0.05) is 36.4 Å². The topological polar surface area (TPSA) is 65.3 Å². The number of amides is 1. The average molecular weight is 351 g/mol. The van der Waals surface area contributed by atoms with Crippen molar-refractivity contribution in [2.75, 3.05) is 5.32 Å². The first kappa shape index (κ1) is 17.5. The van der Waals surface area contributed by atoms with Gasteiger partial charge in [0.1, 0.15) is 11.4 Å². The van der Waals surface area contributed by atoms with Crippen LogP contribution in [0.5, 0.6) is 5.75 Å². The largest absolute Gasteiger partial charge is 0.481 e. The molecule has 1 N–H and O–H groups in total. The van der Waals surface area contributed by atoms with E-state index in [0.717, 1.165) is 5.69 Å². The van der Waals surface area contributed by atoms with Gasteiger partial charge in [0, 0.05) is 7.05 Å². The van der Waals surface area contributed by atoms with Gasteiger partial charge in [-0.05, 0) is 38.1 Å². The van der Waals surface area contributed by atoms with Crippen molar-refractivity contribution in [2.24, 2.45) is 7.05 Å². The van der Waals surface area contributed by atoms with Crippen LogP contribution < -0.4 is 15.6 Å². The van der Waals surface area contributed by atoms with E-state index < -0.39 is 6.10 Å². The second kappa shape index (κ2) is 7.31. The highest BCUT2D eigenvalue weighted by Gasteiger charge is 2.21. The van der Waals surface area contributed by atoms with E-state index in [-0.39, 0.29) is 17.2 Å². The van der Waals surface area contributed by atoms with Crippen molar-refractivity contribution >= 4 is 11.6 Å². The number of rotatable bonds is 5. The zero-order valence-corrected chi connectivity index (χ0v) is 15.0. The summed E-state index contributed by atoms with van der Waals surface area (Å²) in [5.41, 5.74) is 1.37. The molecule has 1 unspecified atom stereocenters. The fourth-order valence-electron chi connectivity index (χ4n) is 2.69. The Morgan fingerprint density at radius 2 is 1.62 bits per heavy atom. The monoisotopic (exact) mass is 351 g/mol. The summed E-state index contributed by atoms with van der Waals surface area (Å²) in [6.07, 6.45) is -0.735. The first-order chi connectivity index (χ1) is 12.5. The molecule has 6 heteroatoms. The SMILES string of the molecule is Cc1c(NC(=O)C(C)Oc2ccccc2)c(=O)n(-c2ccccc2)n1C. The van der Waals surface area contributed by atoms with E-state index in [1.54, 1.807) is 37.7 Å². The number of nitrogens with zero attached hydrogens (tertiary/aromatic N) is 2. The Bertz CT molecular complexity index is 959. The van der Waals surface area contributed by atoms with E-state index in [1.165, 1.54) is 4.68 Å². The average Bonchev–Trinajstić information content (AvgIpc) is 2.86. The van der Waals surface area contributed by atoms with Crippen molar-refractivity contribution in [3.8, 4) is 11.4 Å². The Balaban J connectivity index is 1.84. The highest BCUT2D eigenvalue weighted by atomic mass is 16.5. The highest BCUT2D eigenvalue weighted by Crippen LogP contribution is 2.16. The molecule has 0 aliphatic heterocycles. The van der Waals surface area contributed by atoms with Gasteiger partial charge in [0.15, 0.2) is 6.10 Å². The minimum absolute atomic E-state index is 0.255. The lowest BCUT2D eigenvalue weighted by Gasteiger charge is -2.14. The van der Waals surface area contributed by atoms with Gasteiger partial charge in [-0.25, -0.2) is 4.68 Å². The number of nitrogens with one attached hydrogen (secondary N) is 1. The van der Waals surface area contributed by atoms with Gasteiger partial charge in [-0.2, -0.15) is 0 Å². The molecule has 0 saturated carbocycles. The fraction of sp³-hybridized carbons (Fsp3) is 0.200. The predicted molar refractivity (Wildman–Crippen MR) is 101 cm³/mol. The van der Waals surface area contributed by atoms with Crippen molar-refractivity contribution in [1.82, 2.24) is 9.36 Å². The molecule has 1 atom stereocenters. The minimum atomic E-state index is -0.735. The van der Waals surface area contributed by atoms with Crippen LogP contribution in [-0.4, -0.2) is 21.4 Å². The molecule has 0 aliphatic carbocycles. The van der Waals surface area contributed by atoms with Crippen LogP contribution >= 0.6 is 0 Å². The van der Waals surface area contributed by atoms with Crippen LogP contribution in [0.4, 0.5) is 5.69 Å². The number of carbonyl (C=O) groups excluding carboxylic acids is 1. The van der Waals surface area contributed by atoms with E-state index in [1.807, 2.05) is 48.5 Å². The molecule has 0 saturated heterocycles. The molecule has 26 heavy (non-hydrogen) atoms. The maximum atomic E-state index is 12.8. The molecule has 3 aromatic rings. The summed E-state index contributed by atoms with van der Waals surface area (Å²) < 4.78 is 8.86. The van der Waals surface area contributed by atoms with Crippen LogP contribution in [0.1, 0.15) is 12.6 Å². The first-order valence-corrected chi connectivity index (χ1v) is 8.35. The van der Waals surface area contributed by atoms with Crippen LogP contribution in [0.15, 0.2) is 65.5 Å². The van der Waals surface area contributed by atoms with Gasteiger partial charge in [-0.15, -0.1) is 0 Å². The number of benzene rings is 2. The van der Waals surface area contributed by atoms with Gasteiger partial charge < -0.3 is 10.1 Å². The third kappa shape index (κ3) is 3.39. The number of aromatic nitrogens is 2. The molecule has 0 bridgehead atoms. The van der Waals surface area contributed by atoms with Gasteiger partial charge >= 0.3 is 0 Å². The standard InChI is InChI=1S/C20H21N3O3/c1-14-18(20(25)23(22(14)3)16-10-6-4-7-11-16)21-19(24)15(2)26-17-12-8-5-9-13-17/h4-13,15H,1-3H3,(H,21,24). The zero-order valence-electron chi connectivity index (χ0n) is 15.0. The number of para-hydroxylation sites is 2. The van der Waals surface area contributed by atoms with E-state index in [2.05, 4.69) is 5.32 Å². The van der Waals surface area contributed by atoms with Crippen LogP contribution in [0, 0.1) is 6.92 Å². The zero-order chi connectivity index (χ0) is 18.7. The number of ether oxygens (including phenoxy) is 1. The third-order valence-corrected chi connectivity index (χ3v) is 4.23. The van der Waals surface area contributed by atoms with E-state index in [9.17, 15) is 9.59 Å². The Hall–Kier alpha value is -3.28. The number of hydrogen-bond acceptors (Lipinski definition) is 3. The molecule has 6 nitrogen and oxygen atoms in total. The lowest BCUT2D eigenvalue weighted by Crippen LogP contribution is -2.32. The van der Waals surface area contributed by atoms with Crippen molar-refractivity contribution in [3.05, 3.63) is 76.7 Å². The maximum Gasteiger partial charge on any atom is 0.295 e. The molecule has 1 aromatic heterocycles. The Kier molecular flexibility index (Phi) is 4.93. The van der Waals surface area contributed by atoms with Crippen LogP contribution in [-0.2, 0) is 11.8 Å². The summed E-state index contributed by atoms with van der Waals surface area (Å²) in [6, 6.07) is 18.4. The lowest BCUT2D eigenvalue weighted by molar-refractivity contribution is -0.122. The summed E-state index contributed by atoms with van der Waals surface area (Å²) >= 11 is 0. The van der Waals surface area contributed by atoms with Crippen molar-refractivity contribution in [3.63, 3.8) is 0 Å². The molecule has 0 fully saturated rings. The quantitative estimate of drug-likeness (QED) is 0.769. The Labute approximate surface area is 151 Å². The Morgan fingerprint density at radius 3 is 2.23 bits per heavy atom. The van der Waals surface area contributed by atoms with E-state index >= 15 is 0 Å². The maximum absolute atomic E-state index is 12.8. The van der Waals surface area contributed by atoms with Crippen molar-refractivity contribution in [1.29, 1.82) is 0 Å². The molecular weight excluding hydrogens is 330 g/mol. The van der Waals surface area contributed by atoms with Crippen LogP contribution in [0.3, 0.4) is 0 Å². The van der Waals surface area contributed by atoms with Gasteiger partial charge in [-0.3, -0.25) is 14.3 Å². The minimum Gasteiger partial charge on any atom is -0.481 e. The summed E-state index contributed by atoms with van der Waals surface area (Å²) in [5.74, 6) is 0.224. The number of hydrogen-bond donors (Lipinski definition) is 1. The Morgan fingerprint density at radius 1 is 1.04 bits per heavy atom. The molecule has 1 heterocycles. The smallest absolute Gasteiger partial charge is 0.295 e. The molecule has 134 valence electrons. The summed E-state index contributed by atoms with van der Waals surface area (Å²) in [7, 11) is 1.78. The molecule has 2 aromatic carbocycles. The molecule has 0 aliphatic rings. The first-order valence-electron chi connectivity index (χ1n) is 8.35. The highest BCUT2D eigenvalue weighted by molar-refractivity contribution is 5.94. The normalized spacial score (nSPS) is 11.8. The van der Waals surface area contributed by atoms with Gasteiger partial charge in [0.05, 0.1) is 11.4 Å². The van der Waals surface area contributed by atoms with Gasteiger partial charge in [0.2, 0.25) is 0 Å².